The summed E-state index contributed by atoms with van der Waals surface area (Å²) >= 11 is 0. The highest BCUT2D eigenvalue weighted by Crippen LogP contribution is 2.23. The number of hydrogen-bond donors (Lipinski definition) is 2. The molecule has 0 bridgehead atoms. The maximum Gasteiger partial charge on any atom is 0.238 e. The van der Waals surface area contributed by atoms with Gasteiger partial charge in [0.2, 0.25) is 5.91 Å². The highest BCUT2D eigenvalue weighted by molar-refractivity contribution is 5.83. The van der Waals surface area contributed by atoms with Crippen LogP contribution in [0.5, 0.6) is 0 Å². The van der Waals surface area contributed by atoms with E-state index in [0.717, 1.165) is 5.69 Å². The molecule has 1 amide bonds. The summed E-state index contributed by atoms with van der Waals surface area (Å²) in [4.78, 5) is 18.3. The second kappa shape index (κ2) is 5.04. The quantitative estimate of drug-likeness (QED) is 0.797. The smallest absolute Gasteiger partial charge is 0.238 e. The van der Waals surface area contributed by atoms with Crippen molar-refractivity contribution in [2.24, 2.45) is 5.73 Å². The Morgan fingerprint density at radius 3 is 2.94 bits per heavy atom. The van der Waals surface area contributed by atoms with Crippen LogP contribution < -0.4 is 11.1 Å². The van der Waals surface area contributed by atoms with E-state index in [2.05, 4.69) is 29.0 Å². The van der Waals surface area contributed by atoms with Crippen LogP contribution in [0.3, 0.4) is 0 Å². The van der Waals surface area contributed by atoms with Crippen molar-refractivity contribution >= 4 is 5.91 Å². The van der Waals surface area contributed by atoms with Crippen LogP contribution in [-0.4, -0.2) is 40.5 Å². The Balaban J connectivity index is 2.22. The lowest BCUT2D eigenvalue weighted by atomic mass is 9.95. The molecule has 1 aliphatic rings. The van der Waals surface area contributed by atoms with Crippen molar-refractivity contribution in [3.05, 3.63) is 30.1 Å². The van der Waals surface area contributed by atoms with Gasteiger partial charge in [-0.1, -0.05) is 6.07 Å². The van der Waals surface area contributed by atoms with Crippen molar-refractivity contribution in [2.45, 2.75) is 32.0 Å². The average molecular weight is 248 g/mol. The average Bonchev–Trinajstić information content (AvgIpc) is 2.36. The molecule has 5 heteroatoms. The summed E-state index contributed by atoms with van der Waals surface area (Å²) < 4.78 is 0. The van der Waals surface area contributed by atoms with Gasteiger partial charge in [-0.25, -0.2) is 0 Å². The van der Waals surface area contributed by atoms with Gasteiger partial charge >= 0.3 is 0 Å². The van der Waals surface area contributed by atoms with Crippen LogP contribution in [0.25, 0.3) is 0 Å². The number of pyridine rings is 1. The van der Waals surface area contributed by atoms with Gasteiger partial charge in [-0.2, -0.15) is 0 Å². The summed E-state index contributed by atoms with van der Waals surface area (Å²) in [7, 11) is 0. The first-order valence-corrected chi connectivity index (χ1v) is 6.19. The fraction of sp³-hybridized carbons (Fsp3) is 0.538. The third-order valence-corrected chi connectivity index (χ3v) is 3.43. The molecule has 1 aliphatic heterocycles. The Morgan fingerprint density at radius 2 is 2.33 bits per heavy atom. The molecular weight excluding hydrogens is 228 g/mol. The fourth-order valence-electron chi connectivity index (χ4n) is 2.31. The van der Waals surface area contributed by atoms with Crippen LogP contribution in [0.4, 0.5) is 0 Å². The van der Waals surface area contributed by atoms with Crippen LogP contribution in [0.1, 0.15) is 19.5 Å². The molecule has 3 N–H and O–H groups in total. The van der Waals surface area contributed by atoms with Gasteiger partial charge in [0.15, 0.2) is 0 Å². The van der Waals surface area contributed by atoms with E-state index in [0.29, 0.717) is 19.6 Å². The maximum atomic E-state index is 11.9. The Morgan fingerprint density at radius 1 is 1.56 bits per heavy atom. The summed E-state index contributed by atoms with van der Waals surface area (Å²) in [5, 5.41) is 2.91. The van der Waals surface area contributed by atoms with Gasteiger partial charge in [0.1, 0.15) is 6.04 Å². The molecule has 1 aromatic rings. The molecule has 0 spiro atoms. The Bertz CT molecular complexity index is 418. The molecule has 1 saturated heterocycles. The molecule has 2 heterocycles. The molecule has 0 radical (unpaired) electrons. The van der Waals surface area contributed by atoms with Gasteiger partial charge in [0.05, 0.1) is 5.69 Å². The number of nitrogens with zero attached hydrogens (tertiary/aromatic N) is 2. The van der Waals surface area contributed by atoms with Crippen molar-refractivity contribution < 1.29 is 4.79 Å². The molecule has 2 rings (SSSR count). The van der Waals surface area contributed by atoms with E-state index in [1.807, 2.05) is 18.2 Å². The minimum absolute atomic E-state index is 0.00718. The second-order valence-electron chi connectivity index (χ2n) is 5.23. The monoisotopic (exact) mass is 248 g/mol. The van der Waals surface area contributed by atoms with Gasteiger partial charge in [-0.3, -0.25) is 14.7 Å². The molecule has 1 aromatic heterocycles. The first-order valence-electron chi connectivity index (χ1n) is 6.19. The van der Waals surface area contributed by atoms with E-state index >= 15 is 0 Å². The van der Waals surface area contributed by atoms with Crippen molar-refractivity contribution in [1.82, 2.24) is 15.2 Å². The number of aromatic nitrogens is 1. The predicted octanol–water partition coefficient (Wildman–Crippen LogP) is 0.119. The summed E-state index contributed by atoms with van der Waals surface area (Å²) in [6.07, 6.45) is 1.77. The standard InChI is InChI=1S/C13H20N4O/c1-13(2)9-16-12(18)11(7-14)17(13)8-10-5-3-4-6-15-10/h3-6,11H,7-9,14H2,1-2H3,(H,16,18). The van der Waals surface area contributed by atoms with Crippen LogP contribution >= 0.6 is 0 Å². The fourth-order valence-corrected chi connectivity index (χ4v) is 2.31. The minimum Gasteiger partial charge on any atom is -0.353 e. The summed E-state index contributed by atoms with van der Waals surface area (Å²) in [5.74, 6) is 0.00718. The Labute approximate surface area is 107 Å². The lowest BCUT2D eigenvalue weighted by Gasteiger charge is -2.46. The highest BCUT2D eigenvalue weighted by atomic mass is 16.2. The van der Waals surface area contributed by atoms with E-state index in [1.54, 1.807) is 6.20 Å². The molecule has 1 atom stereocenters. The van der Waals surface area contributed by atoms with E-state index in [1.165, 1.54) is 0 Å². The van der Waals surface area contributed by atoms with Crippen molar-refractivity contribution in [3.8, 4) is 0 Å². The van der Waals surface area contributed by atoms with Crippen LogP contribution in [-0.2, 0) is 11.3 Å². The zero-order chi connectivity index (χ0) is 13.2. The first-order chi connectivity index (χ1) is 8.54. The minimum atomic E-state index is -0.282. The van der Waals surface area contributed by atoms with Gasteiger partial charge in [-0.05, 0) is 26.0 Å². The van der Waals surface area contributed by atoms with Gasteiger partial charge < -0.3 is 11.1 Å². The largest absolute Gasteiger partial charge is 0.353 e. The van der Waals surface area contributed by atoms with E-state index in [-0.39, 0.29) is 17.5 Å². The molecular formula is C13H20N4O. The number of piperazine rings is 1. The van der Waals surface area contributed by atoms with Crippen molar-refractivity contribution in [1.29, 1.82) is 0 Å². The molecule has 0 saturated carbocycles. The van der Waals surface area contributed by atoms with Crippen molar-refractivity contribution in [3.63, 3.8) is 0 Å². The van der Waals surface area contributed by atoms with Crippen molar-refractivity contribution in [2.75, 3.05) is 13.1 Å². The molecule has 0 aromatic carbocycles. The summed E-state index contributed by atoms with van der Waals surface area (Å²) in [6, 6.07) is 5.53. The normalized spacial score (nSPS) is 23.7. The van der Waals surface area contributed by atoms with Crippen LogP contribution in [0.15, 0.2) is 24.4 Å². The van der Waals surface area contributed by atoms with Gasteiger partial charge in [0.25, 0.3) is 0 Å². The van der Waals surface area contributed by atoms with Crippen LogP contribution in [0.2, 0.25) is 0 Å². The lowest BCUT2D eigenvalue weighted by molar-refractivity contribution is -0.134. The SMILES string of the molecule is CC1(C)CNC(=O)C(CN)N1Cc1ccccn1. The van der Waals surface area contributed by atoms with Gasteiger partial charge in [-0.15, -0.1) is 0 Å². The van der Waals surface area contributed by atoms with Crippen LogP contribution in [0, 0.1) is 0 Å². The van der Waals surface area contributed by atoms with E-state index in [4.69, 9.17) is 5.73 Å². The number of nitrogens with one attached hydrogen (secondary N) is 1. The number of carbonyl (C=O) groups excluding carboxylic acids is 1. The topological polar surface area (TPSA) is 71.2 Å². The zero-order valence-corrected chi connectivity index (χ0v) is 10.9. The number of nitrogens with two attached hydrogens (primary N) is 1. The van der Waals surface area contributed by atoms with E-state index < -0.39 is 0 Å². The van der Waals surface area contributed by atoms with Gasteiger partial charge in [0, 0.05) is 31.4 Å². The molecule has 98 valence electrons. The number of amides is 1. The number of rotatable bonds is 3. The Kier molecular flexibility index (Phi) is 3.63. The molecule has 0 aliphatic carbocycles. The first kappa shape index (κ1) is 13.0. The number of hydrogen-bond acceptors (Lipinski definition) is 4. The number of carbonyl (C=O) groups is 1. The zero-order valence-electron chi connectivity index (χ0n) is 10.9. The molecule has 1 fully saturated rings. The maximum absolute atomic E-state index is 11.9. The lowest BCUT2D eigenvalue weighted by Crippen LogP contribution is -2.66. The summed E-state index contributed by atoms with van der Waals surface area (Å²) in [6.45, 7) is 5.82. The molecule has 5 nitrogen and oxygen atoms in total. The molecule has 1 unspecified atom stereocenters. The third-order valence-electron chi connectivity index (χ3n) is 3.43. The Hall–Kier alpha value is -1.46. The predicted molar refractivity (Wildman–Crippen MR) is 69.7 cm³/mol. The highest BCUT2D eigenvalue weighted by Gasteiger charge is 2.40. The molecule has 18 heavy (non-hydrogen) atoms. The second-order valence-corrected chi connectivity index (χ2v) is 5.23. The third kappa shape index (κ3) is 2.52. The van der Waals surface area contributed by atoms with E-state index in [9.17, 15) is 4.79 Å². The summed E-state index contributed by atoms with van der Waals surface area (Å²) in [5.41, 5.74) is 6.58.